The van der Waals surface area contributed by atoms with Gasteiger partial charge in [0.15, 0.2) is 0 Å². The van der Waals surface area contributed by atoms with Gasteiger partial charge in [-0.1, -0.05) is 37.3 Å². The van der Waals surface area contributed by atoms with E-state index in [0.717, 1.165) is 26.2 Å². The summed E-state index contributed by atoms with van der Waals surface area (Å²) in [7, 11) is 0. The fourth-order valence-corrected chi connectivity index (χ4v) is 2.52. The van der Waals surface area contributed by atoms with E-state index in [9.17, 15) is 4.79 Å². The molecule has 0 unspecified atom stereocenters. The van der Waals surface area contributed by atoms with Crippen LogP contribution in [-0.2, 0) is 11.3 Å². The molecule has 3 nitrogen and oxygen atoms in total. The van der Waals surface area contributed by atoms with Crippen LogP contribution in [0.3, 0.4) is 0 Å². The maximum absolute atomic E-state index is 12.5. The SMILES string of the molecule is CCN(Cc1ccccc1)C(=O)[C@@H]1CNC[C@H]1C. The molecule has 0 aromatic heterocycles. The zero-order chi connectivity index (χ0) is 13.0. The number of rotatable bonds is 4. The van der Waals surface area contributed by atoms with Crippen LogP contribution in [0, 0.1) is 11.8 Å². The van der Waals surface area contributed by atoms with Gasteiger partial charge in [-0.2, -0.15) is 0 Å². The molecule has 1 heterocycles. The average molecular weight is 246 g/mol. The third kappa shape index (κ3) is 2.91. The summed E-state index contributed by atoms with van der Waals surface area (Å²) in [6.07, 6.45) is 0. The number of carbonyl (C=O) groups excluding carboxylic acids is 1. The van der Waals surface area contributed by atoms with Gasteiger partial charge in [-0.25, -0.2) is 0 Å². The quantitative estimate of drug-likeness (QED) is 0.880. The van der Waals surface area contributed by atoms with Crippen LogP contribution in [0.1, 0.15) is 19.4 Å². The molecule has 1 aliphatic heterocycles. The lowest BCUT2D eigenvalue weighted by Crippen LogP contribution is -2.38. The van der Waals surface area contributed by atoms with Crippen molar-refractivity contribution < 1.29 is 4.79 Å². The minimum absolute atomic E-state index is 0.147. The lowest BCUT2D eigenvalue weighted by molar-refractivity contribution is -0.136. The molecule has 2 rings (SSSR count). The maximum Gasteiger partial charge on any atom is 0.227 e. The second kappa shape index (κ2) is 6.01. The highest BCUT2D eigenvalue weighted by molar-refractivity contribution is 5.79. The number of hydrogen-bond donors (Lipinski definition) is 1. The zero-order valence-electron chi connectivity index (χ0n) is 11.2. The summed E-state index contributed by atoms with van der Waals surface area (Å²) >= 11 is 0. The minimum atomic E-state index is 0.147. The predicted molar refractivity (Wildman–Crippen MR) is 73.1 cm³/mol. The van der Waals surface area contributed by atoms with Crippen LogP contribution in [0.5, 0.6) is 0 Å². The molecule has 2 atom stereocenters. The lowest BCUT2D eigenvalue weighted by Gasteiger charge is -2.25. The second-order valence-corrected chi connectivity index (χ2v) is 5.08. The van der Waals surface area contributed by atoms with Crippen LogP contribution < -0.4 is 5.32 Å². The van der Waals surface area contributed by atoms with Gasteiger partial charge in [-0.15, -0.1) is 0 Å². The normalized spacial score (nSPS) is 23.0. The Balaban J connectivity index is 2.02. The van der Waals surface area contributed by atoms with Crippen molar-refractivity contribution in [1.29, 1.82) is 0 Å². The maximum atomic E-state index is 12.5. The molecule has 0 spiro atoms. The first-order valence-electron chi connectivity index (χ1n) is 6.75. The van der Waals surface area contributed by atoms with E-state index in [1.54, 1.807) is 0 Å². The zero-order valence-corrected chi connectivity index (χ0v) is 11.2. The van der Waals surface area contributed by atoms with Crippen molar-refractivity contribution >= 4 is 5.91 Å². The standard InChI is InChI=1S/C15H22N2O/c1-3-17(11-13-7-5-4-6-8-13)15(18)14-10-16-9-12(14)2/h4-8,12,14,16H,3,9-11H2,1-2H3/t12-,14-/m1/s1. The summed E-state index contributed by atoms with van der Waals surface area (Å²) in [6.45, 7) is 7.48. The van der Waals surface area contributed by atoms with E-state index in [2.05, 4.69) is 24.4 Å². The Hall–Kier alpha value is -1.35. The van der Waals surface area contributed by atoms with E-state index in [1.165, 1.54) is 5.56 Å². The number of carbonyl (C=O) groups is 1. The molecule has 1 N–H and O–H groups in total. The van der Waals surface area contributed by atoms with Gasteiger partial charge < -0.3 is 10.2 Å². The predicted octanol–water partition coefficient (Wildman–Crippen LogP) is 1.89. The van der Waals surface area contributed by atoms with Gasteiger partial charge in [0, 0.05) is 19.6 Å². The van der Waals surface area contributed by atoms with Gasteiger partial charge in [0.25, 0.3) is 0 Å². The Morgan fingerprint density at radius 3 is 2.61 bits per heavy atom. The van der Waals surface area contributed by atoms with Crippen molar-refractivity contribution in [3.05, 3.63) is 35.9 Å². The summed E-state index contributed by atoms with van der Waals surface area (Å²) in [5.41, 5.74) is 1.20. The molecule has 1 saturated heterocycles. The molecule has 3 heteroatoms. The van der Waals surface area contributed by atoms with Crippen LogP contribution in [0.25, 0.3) is 0 Å². The molecule has 0 saturated carbocycles. The topological polar surface area (TPSA) is 32.3 Å². The molecule has 0 bridgehead atoms. The Labute approximate surface area is 109 Å². The average Bonchev–Trinajstić information content (AvgIpc) is 2.82. The molecule has 1 aromatic rings. The van der Waals surface area contributed by atoms with Gasteiger partial charge >= 0.3 is 0 Å². The van der Waals surface area contributed by atoms with Gasteiger partial charge in [-0.05, 0) is 24.9 Å². The Bertz CT molecular complexity index is 391. The largest absolute Gasteiger partial charge is 0.338 e. The monoisotopic (exact) mass is 246 g/mol. The highest BCUT2D eigenvalue weighted by Gasteiger charge is 2.32. The molecule has 18 heavy (non-hydrogen) atoms. The van der Waals surface area contributed by atoms with Gasteiger partial charge in [0.05, 0.1) is 5.92 Å². The summed E-state index contributed by atoms with van der Waals surface area (Å²) in [6, 6.07) is 10.2. The van der Waals surface area contributed by atoms with E-state index in [-0.39, 0.29) is 5.92 Å². The first-order valence-corrected chi connectivity index (χ1v) is 6.75. The molecule has 1 aromatic carbocycles. The fourth-order valence-electron chi connectivity index (χ4n) is 2.52. The van der Waals surface area contributed by atoms with Crippen molar-refractivity contribution in [1.82, 2.24) is 10.2 Å². The van der Waals surface area contributed by atoms with Crippen LogP contribution in [0.2, 0.25) is 0 Å². The third-order valence-corrected chi connectivity index (χ3v) is 3.74. The smallest absolute Gasteiger partial charge is 0.227 e. The fraction of sp³-hybridized carbons (Fsp3) is 0.533. The second-order valence-electron chi connectivity index (χ2n) is 5.08. The molecular formula is C15H22N2O. The molecule has 1 aliphatic rings. The van der Waals surface area contributed by atoms with Crippen molar-refractivity contribution in [3.8, 4) is 0 Å². The summed E-state index contributed by atoms with van der Waals surface area (Å²) < 4.78 is 0. The van der Waals surface area contributed by atoms with Crippen molar-refractivity contribution in [2.24, 2.45) is 11.8 Å². The number of amides is 1. The van der Waals surface area contributed by atoms with Gasteiger partial charge in [0.2, 0.25) is 5.91 Å². The van der Waals surface area contributed by atoms with Crippen LogP contribution >= 0.6 is 0 Å². The van der Waals surface area contributed by atoms with Crippen molar-refractivity contribution in [3.63, 3.8) is 0 Å². The first kappa shape index (κ1) is 13.1. The Morgan fingerprint density at radius 1 is 1.33 bits per heavy atom. The minimum Gasteiger partial charge on any atom is -0.338 e. The summed E-state index contributed by atoms with van der Waals surface area (Å²) in [5, 5.41) is 3.30. The van der Waals surface area contributed by atoms with Gasteiger partial charge in [0.1, 0.15) is 0 Å². The van der Waals surface area contributed by atoms with Gasteiger partial charge in [-0.3, -0.25) is 4.79 Å². The molecule has 1 amide bonds. The third-order valence-electron chi connectivity index (χ3n) is 3.74. The number of nitrogens with one attached hydrogen (secondary N) is 1. The highest BCUT2D eigenvalue weighted by atomic mass is 16.2. The van der Waals surface area contributed by atoms with Crippen molar-refractivity contribution in [2.75, 3.05) is 19.6 Å². The summed E-state index contributed by atoms with van der Waals surface area (Å²) in [4.78, 5) is 14.4. The van der Waals surface area contributed by atoms with Crippen LogP contribution in [0.15, 0.2) is 30.3 Å². The summed E-state index contributed by atoms with van der Waals surface area (Å²) in [5.74, 6) is 0.884. The van der Waals surface area contributed by atoms with E-state index < -0.39 is 0 Å². The number of nitrogens with zero attached hydrogens (tertiary/aromatic N) is 1. The van der Waals surface area contributed by atoms with E-state index in [4.69, 9.17) is 0 Å². The van der Waals surface area contributed by atoms with E-state index in [0.29, 0.717) is 11.8 Å². The molecule has 98 valence electrons. The molecular weight excluding hydrogens is 224 g/mol. The highest BCUT2D eigenvalue weighted by Crippen LogP contribution is 2.19. The van der Waals surface area contributed by atoms with Crippen LogP contribution in [0.4, 0.5) is 0 Å². The van der Waals surface area contributed by atoms with E-state index in [1.807, 2.05) is 30.0 Å². The van der Waals surface area contributed by atoms with Crippen LogP contribution in [-0.4, -0.2) is 30.4 Å². The van der Waals surface area contributed by atoms with Crippen molar-refractivity contribution in [2.45, 2.75) is 20.4 Å². The number of hydrogen-bond acceptors (Lipinski definition) is 2. The van der Waals surface area contributed by atoms with E-state index >= 15 is 0 Å². The first-order chi connectivity index (χ1) is 8.72. The molecule has 0 radical (unpaired) electrons. The molecule has 0 aliphatic carbocycles. The Kier molecular flexibility index (Phi) is 4.37. The number of benzene rings is 1. The molecule has 1 fully saturated rings. The lowest BCUT2D eigenvalue weighted by atomic mass is 9.96. The Morgan fingerprint density at radius 2 is 2.06 bits per heavy atom.